The molecule has 0 fully saturated rings. The maximum atomic E-state index is 14.4. The lowest BCUT2D eigenvalue weighted by Gasteiger charge is -2.25. The lowest BCUT2D eigenvalue weighted by Crippen LogP contribution is -2.40. The number of para-hydroxylation sites is 1. The topological polar surface area (TPSA) is 72.4 Å². The van der Waals surface area contributed by atoms with Crippen LogP contribution < -0.4 is 14.8 Å². The number of methoxy groups -OCH3 is 1. The van der Waals surface area contributed by atoms with Crippen molar-refractivity contribution in [2.24, 2.45) is 5.16 Å². The first-order chi connectivity index (χ1) is 17.1. The molecule has 0 saturated carbocycles. The Morgan fingerprint density at radius 3 is 2.60 bits per heavy atom. The summed E-state index contributed by atoms with van der Waals surface area (Å²) in [4.78, 5) is 20.4. The molecule has 7 nitrogen and oxygen atoms in total. The zero-order valence-corrected chi connectivity index (χ0v) is 19.7. The Labute approximate surface area is 204 Å². The van der Waals surface area contributed by atoms with Crippen LogP contribution in [0.4, 0.5) is 14.9 Å². The maximum Gasteiger partial charge on any atom is 0.322 e. The predicted octanol–water partition coefficient (Wildman–Crippen LogP) is 5.46. The summed E-state index contributed by atoms with van der Waals surface area (Å²) in [6, 6.07) is 20.7. The number of rotatable bonds is 9. The number of hydrogen-bond acceptors (Lipinski definition) is 5. The summed E-state index contributed by atoms with van der Waals surface area (Å²) >= 11 is 0. The number of nitrogens with one attached hydrogen (secondary N) is 1. The molecule has 1 unspecified atom stereocenters. The second kappa shape index (κ2) is 11.4. The number of urea groups is 1. The molecule has 0 spiro atoms. The van der Waals surface area contributed by atoms with Gasteiger partial charge in [0.25, 0.3) is 0 Å². The molecule has 1 atom stereocenters. The van der Waals surface area contributed by atoms with E-state index in [1.807, 2.05) is 31.2 Å². The van der Waals surface area contributed by atoms with Crippen LogP contribution in [-0.2, 0) is 11.4 Å². The van der Waals surface area contributed by atoms with E-state index in [1.165, 1.54) is 11.0 Å². The number of ether oxygens (including phenoxy) is 2. The minimum absolute atomic E-state index is 0.0827. The number of amides is 2. The van der Waals surface area contributed by atoms with E-state index in [1.54, 1.807) is 49.6 Å². The maximum absolute atomic E-state index is 14.4. The highest BCUT2D eigenvalue weighted by Crippen LogP contribution is 2.25. The first-order valence-electron chi connectivity index (χ1n) is 11.5. The fraction of sp³-hybridized carbons (Fsp3) is 0.259. The van der Waals surface area contributed by atoms with Crippen molar-refractivity contribution in [1.29, 1.82) is 0 Å². The van der Waals surface area contributed by atoms with Crippen molar-refractivity contribution in [3.8, 4) is 11.5 Å². The van der Waals surface area contributed by atoms with Gasteiger partial charge in [-0.15, -0.1) is 0 Å². The second-order valence-corrected chi connectivity index (χ2v) is 8.03. The highest BCUT2D eigenvalue weighted by Gasteiger charge is 2.28. The third-order valence-electron chi connectivity index (χ3n) is 5.60. The first kappa shape index (κ1) is 24.1. The Morgan fingerprint density at radius 1 is 1.11 bits per heavy atom. The third kappa shape index (κ3) is 6.09. The van der Waals surface area contributed by atoms with Crippen LogP contribution in [0.2, 0.25) is 0 Å². The number of hydrogen-bond donors (Lipinski definition) is 1. The van der Waals surface area contributed by atoms with Crippen molar-refractivity contribution in [3.05, 3.63) is 89.7 Å². The molecule has 1 aliphatic rings. The van der Waals surface area contributed by atoms with E-state index in [4.69, 9.17) is 14.3 Å². The first-order valence-corrected chi connectivity index (χ1v) is 11.5. The molecule has 4 rings (SSSR count). The molecule has 3 aromatic rings. The molecule has 1 heterocycles. The zero-order valence-electron chi connectivity index (χ0n) is 19.7. The van der Waals surface area contributed by atoms with Crippen molar-refractivity contribution in [3.63, 3.8) is 0 Å². The molecule has 1 N–H and O–H groups in total. The number of anilines is 1. The van der Waals surface area contributed by atoms with E-state index >= 15 is 0 Å². The molecule has 2 amide bonds. The number of carbonyl (C=O) groups is 1. The molecular weight excluding hydrogens is 449 g/mol. The Morgan fingerprint density at radius 2 is 1.86 bits per heavy atom. The molecule has 0 aromatic heterocycles. The van der Waals surface area contributed by atoms with Crippen molar-refractivity contribution in [2.75, 3.05) is 25.6 Å². The molecule has 8 heteroatoms. The van der Waals surface area contributed by atoms with Crippen LogP contribution in [0.1, 0.15) is 24.5 Å². The van der Waals surface area contributed by atoms with E-state index in [2.05, 4.69) is 10.5 Å². The molecule has 0 radical (unpaired) electrons. The van der Waals surface area contributed by atoms with Crippen LogP contribution in [0, 0.1) is 5.82 Å². The van der Waals surface area contributed by atoms with Gasteiger partial charge in [-0.3, -0.25) is 0 Å². The van der Waals surface area contributed by atoms with Gasteiger partial charge in [0.2, 0.25) is 0 Å². The minimum Gasteiger partial charge on any atom is -0.496 e. The van der Waals surface area contributed by atoms with Gasteiger partial charge in [0.1, 0.15) is 17.3 Å². The van der Waals surface area contributed by atoms with Crippen molar-refractivity contribution in [1.82, 2.24) is 4.90 Å². The largest absolute Gasteiger partial charge is 0.496 e. The third-order valence-corrected chi connectivity index (χ3v) is 5.60. The van der Waals surface area contributed by atoms with E-state index < -0.39 is 0 Å². The van der Waals surface area contributed by atoms with Gasteiger partial charge >= 0.3 is 6.03 Å². The number of nitrogens with zero attached hydrogens (tertiary/aromatic N) is 2. The Balaban J connectivity index is 1.48. The number of oxime groups is 1. The highest BCUT2D eigenvalue weighted by atomic mass is 19.1. The molecule has 1 aliphatic heterocycles. The monoisotopic (exact) mass is 477 g/mol. The van der Waals surface area contributed by atoms with Crippen molar-refractivity contribution in [2.45, 2.75) is 26.0 Å². The molecule has 182 valence electrons. The standard InChI is InChI=1S/C27H28FN3O4/c1-3-34-21-14-12-20(13-15-21)29-27(32)31(17-19-8-4-6-10-24(19)28)18-22-16-25(30-35-22)23-9-5-7-11-26(23)33-2/h4-15,22H,3,16-18H2,1-2H3,(H,29,32). The van der Waals surface area contributed by atoms with E-state index in [0.717, 1.165) is 11.3 Å². The second-order valence-electron chi connectivity index (χ2n) is 8.03. The summed E-state index contributed by atoms with van der Waals surface area (Å²) in [6.45, 7) is 2.77. The fourth-order valence-corrected chi connectivity index (χ4v) is 3.87. The van der Waals surface area contributed by atoms with Crippen molar-refractivity contribution < 1.29 is 23.5 Å². The van der Waals surface area contributed by atoms with E-state index in [-0.39, 0.29) is 31.0 Å². The summed E-state index contributed by atoms with van der Waals surface area (Å²) in [5.74, 6) is 1.05. The Bertz CT molecular complexity index is 1180. The Kier molecular flexibility index (Phi) is 7.82. The summed E-state index contributed by atoms with van der Waals surface area (Å²) in [5.41, 5.74) is 2.61. The summed E-state index contributed by atoms with van der Waals surface area (Å²) in [7, 11) is 1.61. The number of carbonyl (C=O) groups excluding carboxylic acids is 1. The minimum atomic E-state index is -0.382. The van der Waals surface area contributed by atoms with Crippen LogP contribution in [0.15, 0.2) is 78.0 Å². The summed E-state index contributed by atoms with van der Waals surface area (Å²) < 4.78 is 25.3. The molecule has 0 aliphatic carbocycles. The van der Waals surface area contributed by atoms with Gasteiger partial charge in [0.05, 0.1) is 32.5 Å². The Hall–Kier alpha value is -4.07. The summed E-state index contributed by atoms with van der Waals surface area (Å²) in [6.07, 6.45) is 0.109. The number of halogens is 1. The average Bonchev–Trinajstić information content (AvgIpc) is 3.34. The average molecular weight is 478 g/mol. The fourth-order valence-electron chi connectivity index (χ4n) is 3.87. The smallest absolute Gasteiger partial charge is 0.322 e. The molecular formula is C27H28FN3O4. The lowest BCUT2D eigenvalue weighted by molar-refractivity contribution is 0.0606. The van der Waals surface area contributed by atoms with Crippen LogP contribution in [0.5, 0.6) is 11.5 Å². The van der Waals surface area contributed by atoms with Crippen LogP contribution in [-0.4, -0.2) is 43.0 Å². The predicted molar refractivity (Wildman–Crippen MR) is 132 cm³/mol. The molecule has 0 bridgehead atoms. The van der Waals surface area contributed by atoms with Crippen LogP contribution in [0.3, 0.4) is 0 Å². The van der Waals surface area contributed by atoms with E-state index in [9.17, 15) is 9.18 Å². The molecule has 0 saturated heterocycles. The van der Waals surface area contributed by atoms with E-state index in [0.29, 0.717) is 35.8 Å². The number of benzene rings is 3. The zero-order chi connectivity index (χ0) is 24.6. The lowest BCUT2D eigenvalue weighted by atomic mass is 10.0. The molecule has 35 heavy (non-hydrogen) atoms. The van der Waals surface area contributed by atoms with Gasteiger partial charge in [-0.05, 0) is 49.4 Å². The molecule has 3 aromatic carbocycles. The van der Waals surface area contributed by atoms with Gasteiger partial charge in [0.15, 0.2) is 6.10 Å². The van der Waals surface area contributed by atoms with Gasteiger partial charge in [-0.1, -0.05) is 35.5 Å². The SMILES string of the molecule is CCOc1ccc(NC(=O)N(Cc2ccccc2F)CC2CC(c3ccccc3OC)=NO2)cc1. The van der Waals surface area contributed by atoms with Gasteiger partial charge < -0.3 is 24.5 Å². The quantitative estimate of drug-likeness (QED) is 0.444. The van der Waals surface area contributed by atoms with Crippen LogP contribution >= 0.6 is 0 Å². The highest BCUT2D eigenvalue weighted by molar-refractivity contribution is 6.03. The van der Waals surface area contributed by atoms with Gasteiger partial charge in [0, 0.05) is 23.2 Å². The normalized spacial score (nSPS) is 14.6. The van der Waals surface area contributed by atoms with Gasteiger partial charge in [-0.2, -0.15) is 0 Å². The van der Waals surface area contributed by atoms with Crippen molar-refractivity contribution >= 4 is 17.4 Å². The van der Waals surface area contributed by atoms with Gasteiger partial charge in [-0.25, -0.2) is 9.18 Å². The van der Waals surface area contributed by atoms with Crippen LogP contribution in [0.25, 0.3) is 0 Å². The summed E-state index contributed by atoms with van der Waals surface area (Å²) in [5, 5.41) is 7.12.